The van der Waals surface area contributed by atoms with Crippen molar-refractivity contribution in [2.24, 2.45) is 5.73 Å². The molecule has 2 N–H and O–H groups in total. The van der Waals surface area contributed by atoms with E-state index in [1.165, 1.54) is 0 Å². The van der Waals surface area contributed by atoms with Gasteiger partial charge in [-0.05, 0) is 37.6 Å². The van der Waals surface area contributed by atoms with Crippen LogP contribution in [0.4, 0.5) is 0 Å². The predicted molar refractivity (Wildman–Crippen MR) is 78.9 cm³/mol. The number of rotatable bonds is 4. The fraction of sp³-hybridized carbons (Fsp3) is 0.375. The summed E-state index contributed by atoms with van der Waals surface area (Å²) in [4.78, 5) is 14.0. The normalized spacial score (nSPS) is 9.30. The van der Waals surface area contributed by atoms with Gasteiger partial charge in [0, 0.05) is 24.2 Å². The molecular formula is C16H19N3O. The molecule has 0 aliphatic rings. The van der Waals surface area contributed by atoms with Crippen molar-refractivity contribution in [1.29, 1.82) is 5.26 Å². The monoisotopic (exact) mass is 269 g/mol. The largest absolute Gasteiger partial charge is 0.338 e. The van der Waals surface area contributed by atoms with Gasteiger partial charge in [-0.1, -0.05) is 11.8 Å². The highest BCUT2D eigenvalue weighted by Gasteiger charge is 2.14. The summed E-state index contributed by atoms with van der Waals surface area (Å²) in [5.74, 6) is 5.72. The van der Waals surface area contributed by atoms with Crippen LogP contribution < -0.4 is 5.73 Å². The second kappa shape index (κ2) is 7.99. The molecule has 0 spiro atoms. The average molecular weight is 269 g/mol. The zero-order chi connectivity index (χ0) is 15.0. The van der Waals surface area contributed by atoms with Gasteiger partial charge in [0.2, 0.25) is 0 Å². The minimum absolute atomic E-state index is 0.0517. The minimum Gasteiger partial charge on any atom is -0.338 e. The first-order valence-electron chi connectivity index (χ1n) is 6.59. The van der Waals surface area contributed by atoms with Crippen LogP contribution in [0, 0.1) is 30.1 Å². The Kier molecular flexibility index (Phi) is 6.29. The number of nitrogens with zero attached hydrogens (tertiary/aromatic N) is 2. The highest BCUT2D eigenvalue weighted by molar-refractivity contribution is 5.94. The zero-order valence-electron chi connectivity index (χ0n) is 11.9. The molecule has 1 aromatic rings. The maximum Gasteiger partial charge on any atom is 0.253 e. The van der Waals surface area contributed by atoms with Gasteiger partial charge in [0.1, 0.15) is 0 Å². The molecule has 0 heterocycles. The number of nitriles is 1. The van der Waals surface area contributed by atoms with E-state index in [9.17, 15) is 4.79 Å². The Balaban J connectivity index is 2.94. The van der Waals surface area contributed by atoms with Gasteiger partial charge in [0.05, 0.1) is 19.0 Å². The SMILES string of the molecule is CCN(CCC#N)C(=O)c1ccc(C#CCN)c(C)c1. The van der Waals surface area contributed by atoms with Crippen molar-refractivity contribution in [3.05, 3.63) is 34.9 Å². The molecule has 0 aliphatic heterocycles. The van der Waals surface area contributed by atoms with Crippen molar-refractivity contribution in [1.82, 2.24) is 4.90 Å². The quantitative estimate of drug-likeness (QED) is 0.845. The summed E-state index contributed by atoms with van der Waals surface area (Å²) in [6, 6.07) is 7.50. The first-order chi connectivity index (χ1) is 9.63. The molecule has 0 saturated carbocycles. The van der Waals surface area contributed by atoms with E-state index < -0.39 is 0 Å². The van der Waals surface area contributed by atoms with Crippen LogP contribution >= 0.6 is 0 Å². The average Bonchev–Trinajstić information content (AvgIpc) is 2.46. The van der Waals surface area contributed by atoms with Crippen molar-refractivity contribution in [2.45, 2.75) is 20.3 Å². The minimum atomic E-state index is -0.0517. The molecule has 1 amide bonds. The van der Waals surface area contributed by atoms with E-state index >= 15 is 0 Å². The van der Waals surface area contributed by atoms with Crippen LogP contribution in [0.1, 0.15) is 34.8 Å². The second-order valence-corrected chi connectivity index (χ2v) is 4.33. The molecule has 1 rings (SSSR count). The number of carbonyl (C=O) groups is 1. The van der Waals surface area contributed by atoms with E-state index in [0.717, 1.165) is 11.1 Å². The van der Waals surface area contributed by atoms with Gasteiger partial charge in [-0.15, -0.1) is 0 Å². The van der Waals surface area contributed by atoms with Gasteiger partial charge in [0.25, 0.3) is 5.91 Å². The molecule has 0 unspecified atom stereocenters. The van der Waals surface area contributed by atoms with Crippen molar-refractivity contribution < 1.29 is 4.79 Å². The van der Waals surface area contributed by atoms with Gasteiger partial charge in [-0.2, -0.15) is 5.26 Å². The summed E-state index contributed by atoms with van der Waals surface area (Å²) in [5.41, 5.74) is 7.81. The Labute approximate surface area is 120 Å². The number of hydrogen-bond acceptors (Lipinski definition) is 3. The van der Waals surface area contributed by atoms with Crippen LogP contribution in [0.3, 0.4) is 0 Å². The summed E-state index contributed by atoms with van der Waals surface area (Å²) < 4.78 is 0. The second-order valence-electron chi connectivity index (χ2n) is 4.33. The van der Waals surface area contributed by atoms with Crippen molar-refractivity contribution in [2.75, 3.05) is 19.6 Å². The fourth-order valence-corrected chi connectivity index (χ4v) is 1.85. The van der Waals surface area contributed by atoms with E-state index in [4.69, 9.17) is 11.0 Å². The lowest BCUT2D eigenvalue weighted by Gasteiger charge is -2.19. The molecule has 0 saturated heterocycles. The maximum absolute atomic E-state index is 12.3. The first-order valence-corrected chi connectivity index (χ1v) is 6.59. The number of benzene rings is 1. The Morgan fingerprint density at radius 3 is 2.75 bits per heavy atom. The van der Waals surface area contributed by atoms with Crippen LogP contribution in [0.25, 0.3) is 0 Å². The van der Waals surface area contributed by atoms with Gasteiger partial charge in [0.15, 0.2) is 0 Å². The van der Waals surface area contributed by atoms with Crippen LogP contribution in [0.5, 0.6) is 0 Å². The van der Waals surface area contributed by atoms with E-state index in [2.05, 4.69) is 17.9 Å². The lowest BCUT2D eigenvalue weighted by atomic mass is 10.0. The predicted octanol–water partition coefficient (Wildman–Crippen LogP) is 1.68. The number of carbonyl (C=O) groups excluding carboxylic acids is 1. The van der Waals surface area contributed by atoms with Crippen molar-refractivity contribution in [3.8, 4) is 17.9 Å². The molecule has 0 fully saturated rings. The van der Waals surface area contributed by atoms with Gasteiger partial charge in [-0.25, -0.2) is 0 Å². The Morgan fingerprint density at radius 2 is 2.20 bits per heavy atom. The lowest BCUT2D eigenvalue weighted by molar-refractivity contribution is 0.0767. The van der Waals surface area contributed by atoms with Crippen molar-refractivity contribution >= 4 is 5.91 Å². The van der Waals surface area contributed by atoms with Crippen LogP contribution in [0.2, 0.25) is 0 Å². The van der Waals surface area contributed by atoms with E-state index in [0.29, 0.717) is 31.6 Å². The Hall–Kier alpha value is -2.30. The molecule has 0 atom stereocenters. The molecular weight excluding hydrogens is 250 g/mol. The number of amides is 1. The zero-order valence-corrected chi connectivity index (χ0v) is 11.9. The summed E-state index contributed by atoms with van der Waals surface area (Å²) in [5, 5.41) is 8.61. The molecule has 4 nitrogen and oxygen atoms in total. The van der Waals surface area contributed by atoms with Crippen LogP contribution in [0.15, 0.2) is 18.2 Å². The molecule has 104 valence electrons. The molecule has 1 aromatic carbocycles. The third kappa shape index (κ3) is 4.12. The molecule has 0 radical (unpaired) electrons. The van der Waals surface area contributed by atoms with Crippen LogP contribution in [-0.4, -0.2) is 30.4 Å². The van der Waals surface area contributed by atoms with Gasteiger partial charge < -0.3 is 10.6 Å². The third-order valence-corrected chi connectivity index (χ3v) is 2.96. The highest BCUT2D eigenvalue weighted by atomic mass is 16.2. The summed E-state index contributed by atoms with van der Waals surface area (Å²) in [6.07, 6.45) is 0.346. The topological polar surface area (TPSA) is 70.1 Å². The standard InChI is InChI=1S/C16H19N3O/c1-3-19(11-5-10-18)16(20)15-8-7-14(6-4-9-17)13(2)12-15/h7-8,12H,3,5,9,11,17H2,1-2H3. The lowest BCUT2D eigenvalue weighted by Crippen LogP contribution is -2.31. The number of hydrogen-bond donors (Lipinski definition) is 1. The molecule has 0 bridgehead atoms. The summed E-state index contributed by atoms with van der Waals surface area (Å²) in [6.45, 7) is 5.19. The highest BCUT2D eigenvalue weighted by Crippen LogP contribution is 2.12. The van der Waals surface area contributed by atoms with E-state index in [-0.39, 0.29) is 5.91 Å². The Bertz CT molecular complexity index is 576. The Morgan fingerprint density at radius 1 is 1.45 bits per heavy atom. The van der Waals surface area contributed by atoms with Crippen LogP contribution in [-0.2, 0) is 0 Å². The third-order valence-electron chi connectivity index (χ3n) is 2.96. The first kappa shape index (κ1) is 15.8. The van der Waals surface area contributed by atoms with E-state index in [1.54, 1.807) is 11.0 Å². The molecule has 20 heavy (non-hydrogen) atoms. The summed E-state index contributed by atoms with van der Waals surface area (Å²) in [7, 11) is 0. The molecule has 0 aliphatic carbocycles. The smallest absolute Gasteiger partial charge is 0.253 e. The molecule has 4 heteroatoms. The maximum atomic E-state index is 12.3. The van der Waals surface area contributed by atoms with Gasteiger partial charge >= 0.3 is 0 Å². The summed E-state index contributed by atoms with van der Waals surface area (Å²) >= 11 is 0. The molecule has 0 aromatic heterocycles. The fourth-order valence-electron chi connectivity index (χ4n) is 1.85. The number of aryl methyl sites for hydroxylation is 1. The van der Waals surface area contributed by atoms with Crippen molar-refractivity contribution in [3.63, 3.8) is 0 Å². The van der Waals surface area contributed by atoms with Gasteiger partial charge in [-0.3, -0.25) is 4.79 Å². The number of nitrogens with two attached hydrogens (primary N) is 1. The van der Waals surface area contributed by atoms with E-state index in [1.807, 2.05) is 26.0 Å².